The minimum Gasteiger partial charge on any atom is -0.478 e. The Hall–Kier alpha value is -1.95. The fourth-order valence-corrected chi connectivity index (χ4v) is 1.68. The highest BCUT2D eigenvalue weighted by atomic mass is 16.5. The van der Waals surface area contributed by atoms with E-state index in [0.717, 1.165) is 6.42 Å². The number of methoxy groups -OCH3 is 1. The molecule has 96 valence electrons. The second-order valence-electron chi connectivity index (χ2n) is 4.27. The summed E-state index contributed by atoms with van der Waals surface area (Å²) in [5.74, 6) is -0.358. The molecule has 0 amide bonds. The van der Waals surface area contributed by atoms with E-state index in [1.165, 1.54) is 12.3 Å². The Labute approximate surface area is 104 Å². The molecule has 6 nitrogen and oxygen atoms in total. The van der Waals surface area contributed by atoms with Crippen LogP contribution in [0, 0.1) is 0 Å². The van der Waals surface area contributed by atoms with E-state index in [1.54, 1.807) is 7.11 Å². The molecule has 0 saturated heterocycles. The third kappa shape index (κ3) is 1.95. The molecular weight excluding hydrogens is 234 g/mol. The number of rotatable bonds is 4. The van der Waals surface area contributed by atoms with Gasteiger partial charge in [-0.1, -0.05) is 6.92 Å². The molecule has 0 radical (unpaired) electrons. The van der Waals surface area contributed by atoms with E-state index in [2.05, 4.69) is 15.0 Å². The zero-order valence-electron chi connectivity index (χ0n) is 10.5. The normalized spacial score (nSPS) is 14.6. The lowest BCUT2D eigenvalue weighted by molar-refractivity contribution is -0.00805. The standard InChI is InChI=1S/C12H15N3O3/c1-4-12(2,18-3)11-14-8-5-7(10(16)17)6-13-9(8)15-11/h5-6H,4H2,1-3H3,(H,16,17)(H,13,14,15). The van der Waals surface area contributed by atoms with Gasteiger partial charge in [-0.25, -0.2) is 14.8 Å². The van der Waals surface area contributed by atoms with E-state index in [-0.39, 0.29) is 5.56 Å². The molecule has 0 aliphatic carbocycles. The lowest BCUT2D eigenvalue weighted by Gasteiger charge is -2.23. The van der Waals surface area contributed by atoms with Gasteiger partial charge < -0.3 is 14.8 Å². The Balaban J connectivity index is 2.53. The Morgan fingerprint density at radius 1 is 1.61 bits per heavy atom. The average Bonchev–Trinajstić information content (AvgIpc) is 2.80. The maximum absolute atomic E-state index is 10.9. The summed E-state index contributed by atoms with van der Waals surface area (Å²) in [5.41, 5.74) is 0.700. The van der Waals surface area contributed by atoms with Crippen LogP contribution in [0.15, 0.2) is 12.3 Å². The monoisotopic (exact) mass is 249 g/mol. The molecule has 6 heteroatoms. The number of aromatic amines is 1. The number of pyridine rings is 1. The van der Waals surface area contributed by atoms with Crippen LogP contribution in [0.5, 0.6) is 0 Å². The van der Waals surface area contributed by atoms with Crippen LogP contribution in [0.1, 0.15) is 36.5 Å². The van der Waals surface area contributed by atoms with Crippen molar-refractivity contribution >= 4 is 17.1 Å². The third-order valence-corrected chi connectivity index (χ3v) is 3.21. The van der Waals surface area contributed by atoms with E-state index in [9.17, 15) is 4.79 Å². The predicted octanol–water partition coefficient (Wildman–Crippen LogP) is 1.93. The number of imidazole rings is 1. The number of carbonyl (C=O) groups is 1. The number of ether oxygens (including phenoxy) is 1. The summed E-state index contributed by atoms with van der Waals surface area (Å²) in [6.07, 6.45) is 2.04. The smallest absolute Gasteiger partial charge is 0.337 e. The molecule has 0 fully saturated rings. The molecule has 0 spiro atoms. The topological polar surface area (TPSA) is 88.1 Å². The van der Waals surface area contributed by atoms with Crippen molar-refractivity contribution in [3.63, 3.8) is 0 Å². The zero-order chi connectivity index (χ0) is 13.3. The molecule has 2 heterocycles. The van der Waals surface area contributed by atoms with Crippen molar-refractivity contribution in [1.82, 2.24) is 15.0 Å². The van der Waals surface area contributed by atoms with Crippen LogP contribution < -0.4 is 0 Å². The Morgan fingerprint density at radius 2 is 2.33 bits per heavy atom. The maximum atomic E-state index is 10.9. The maximum Gasteiger partial charge on any atom is 0.337 e. The zero-order valence-corrected chi connectivity index (χ0v) is 10.5. The Morgan fingerprint density at radius 3 is 2.89 bits per heavy atom. The van der Waals surface area contributed by atoms with Gasteiger partial charge >= 0.3 is 5.97 Å². The van der Waals surface area contributed by atoms with Crippen LogP contribution >= 0.6 is 0 Å². The van der Waals surface area contributed by atoms with E-state index < -0.39 is 11.6 Å². The van der Waals surface area contributed by atoms with Crippen molar-refractivity contribution in [2.75, 3.05) is 7.11 Å². The van der Waals surface area contributed by atoms with Crippen molar-refractivity contribution in [1.29, 1.82) is 0 Å². The van der Waals surface area contributed by atoms with Gasteiger partial charge in [0.2, 0.25) is 0 Å². The van der Waals surface area contributed by atoms with Crippen LogP contribution in [0.3, 0.4) is 0 Å². The molecule has 0 aliphatic rings. The molecule has 0 bridgehead atoms. The lowest BCUT2D eigenvalue weighted by atomic mass is 10.0. The van der Waals surface area contributed by atoms with Crippen molar-refractivity contribution < 1.29 is 14.6 Å². The van der Waals surface area contributed by atoms with Crippen LogP contribution in [0.2, 0.25) is 0 Å². The molecule has 2 aromatic rings. The van der Waals surface area contributed by atoms with Gasteiger partial charge in [0, 0.05) is 13.3 Å². The SMILES string of the molecule is CCC(C)(OC)c1nc2ncc(C(=O)O)cc2[nH]1. The van der Waals surface area contributed by atoms with Crippen molar-refractivity contribution in [2.45, 2.75) is 25.9 Å². The third-order valence-electron chi connectivity index (χ3n) is 3.21. The number of carboxylic acid groups (broad SMARTS) is 1. The van der Waals surface area contributed by atoms with Gasteiger partial charge in [-0.3, -0.25) is 0 Å². The number of carboxylic acids is 1. The molecule has 2 N–H and O–H groups in total. The van der Waals surface area contributed by atoms with Gasteiger partial charge in [0.1, 0.15) is 11.4 Å². The van der Waals surface area contributed by atoms with Crippen LogP contribution in [0.4, 0.5) is 0 Å². The highest BCUT2D eigenvalue weighted by molar-refractivity contribution is 5.90. The van der Waals surface area contributed by atoms with E-state index >= 15 is 0 Å². The summed E-state index contributed by atoms with van der Waals surface area (Å²) in [6.45, 7) is 3.91. The number of fused-ring (bicyclic) bond motifs is 1. The summed E-state index contributed by atoms with van der Waals surface area (Å²) in [7, 11) is 1.62. The van der Waals surface area contributed by atoms with Crippen LogP contribution in [-0.4, -0.2) is 33.1 Å². The first-order chi connectivity index (χ1) is 8.50. The summed E-state index contributed by atoms with van der Waals surface area (Å²) >= 11 is 0. The number of hydrogen-bond donors (Lipinski definition) is 2. The average molecular weight is 249 g/mol. The largest absolute Gasteiger partial charge is 0.478 e. The number of nitrogens with one attached hydrogen (secondary N) is 1. The first-order valence-corrected chi connectivity index (χ1v) is 5.65. The summed E-state index contributed by atoms with van der Waals surface area (Å²) in [6, 6.07) is 1.52. The molecular formula is C12H15N3O3. The first kappa shape index (κ1) is 12.5. The van der Waals surface area contributed by atoms with Gasteiger partial charge in [0.25, 0.3) is 0 Å². The number of aromatic carboxylic acids is 1. The second-order valence-corrected chi connectivity index (χ2v) is 4.27. The van der Waals surface area contributed by atoms with Crippen molar-refractivity contribution in [3.8, 4) is 0 Å². The van der Waals surface area contributed by atoms with Crippen LogP contribution in [-0.2, 0) is 10.3 Å². The first-order valence-electron chi connectivity index (χ1n) is 5.65. The molecule has 0 aromatic carbocycles. The molecule has 0 saturated carbocycles. The highest BCUT2D eigenvalue weighted by Gasteiger charge is 2.28. The summed E-state index contributed by atoms with van der Waals surface area (Å²) < 4.78 is 5.44. The molecule has 1 atom stereocenters. The molecule has 0 aliphatic heterocycles. The molecule has 1 unspecified atom stereocenters. The minimum atomic E-state index is -1.01. The van der Waals surface area contributed by atoms with Gasteiger partial charge in [0.15, 0.2) is 5.65 Å². The predicted molar refractivity (Wildman–Crippen MR) is 65.5 cm³/mol. The van der Waals surface area contributed by atoms with Gasteiger partial charge in [-0.15, -0.1) is 0 Å². The van der Waals surface area contributed by atoms with Crippen molar-refractivity contribution in [2.24, 2.45) is 0 Å². The second kappa shape index (κ2) is 4.38. The fourth-order valence-electron chi connectivity index (χ4n) is 1.68. The highest BCUT2D eigenvalue weighted by Crippen LogP contribution is 2.27. The van der Waals surface area contributed by atoms with Crippen molar-refractivity contribution in [3.05, 3.63) is 23.7 Å². The van der Waals surface area contributed by atoms with Crippen LogP contribution in [0.25, 0.3) is 11.2 Å². The molecule has 18 heavy (non-hydrogen) atoms. The van der Waals surface area contributed by atoms with Gasteiger partial charge in [-0.05, 0) is 19.4 Å². The quantitative estimate of drug-likeness (QED) is 0.864. The number of aromatic nitrogens is 3. The summed E-state index contributed by atoms with van der Waals surface area (Å²) in [4.78, 5) is 22.3. The number of nitrogens with zero attached hydrogens (tertiary/aromatic N) is 2. The van der Waals surface area contributed by atoms with Gasteiger partial charge in [0.05, 0.1) is 11.1 Å². The lowest BCUT2D eigenvalue weighted by Crippen LogP contribution is -2.24. The number of hydrogen-bond acceptors (Lipinski definition) is 4. The van der Waals surface area contributed by atoms with Gasteiger partial charge in [-0.2, -0.15) is 0 Å². The Bertz CT molecular complexity index is 587. The molecule has 2 aromatic heterocycles. The Kier molecular flexibility index (Phi) is 3.04. The summed E-state index contributed by atoms with van der Waals surface area (Å²) in [5, 5.41) is 8.90. The van der Waals surface area contributed by atoms with E-state index in [0.29, 0.717) is 17.0 Å². The minimum absolute atomic E-state index is 0.133. The van der Waals surface area contributed by atoms with E-state index in [4.69, 9.17) is 9.84 Å². The fraction of sp³-hybridized carbons (Fsp3) is 0.417. The van der Waals surface area contributed by atoms with E-state index in [1.807, 2.05) is 13.8 Å². The number of H-pyrrole nitrogens is 1. The molecule has 2 rings (SSSR count).